The minimum Gasteiger partial charge on any atom is -0.481 e. The minimum atomic E-state index is -1.13. The first-order valence-corrected chi connectivity index (χ1v) is 17.5. The Balaban J connectivity index is 1.45. The Labute approximate surface area is 249 Å². The van der Waals surface area contributed by atoms with Crippen molar-refractivity contribution in [2.24, 2.45) is 57.7 Å². The van der Waals surface area contributed by atoms with Gasteiger partial charge in [-0.2, -0.15) is 0 Å². The molecule has 5 fully saturated rings. The average Bonchev–Trinajstić information content (AvgIpc) is 3.68. The van der Waals surface area contributed by atoms with E-state index in [9.17, 15) is 14.7 Å². The smallest absolute Gasteiger partial charge is 0.315 e. The molecule has 0 radical (unpaired) electrons. The molecular weight excluding hydrogens is 510 g/mol. The Kier molecular flexibility index (Phi) is 8.05. The van der Waals surface area contributed by atoms with Gasteiger partial charge in [-0.15, -0.1) is 0 Å². The van der Waals surface area contributed by atoms with Gasteiger partial charge in [0.2, 0.25) is 0 Å². The Morgan fingerprint density at radius 1 is 1.12 bits per heavy atom. The van der Waals surface area contributed by atoms with E-state index in [1.54, 1.807) is 0 Å². The maximum atomic E-state index is 14.0. The summed E-state index contributed by atoms with van der Waals surface area (Å²) in [5.74, 6) is 1.81. The first-order valence-electron chi connectivity index (χ1n) is 17.5. The molecule has 1 saturated heterocycles. The fraction of sp³-hybridized carbons (Fsp3) is 0.889. The summed E-state index contributed by atoms with van der Waals surface area (Å²) in [6, 6.07) is 0. The van der Waals surface area contributed by atoms with Gasteiger partial charge < -0.3 is 19.5 Å². The van der Waals surface area contributed by atoms with Crippen LogP contribution >= 0.6 is 0 Å². The molecule has 230 valence electrons. The number of aliphatic carboxylic acids is 1. The molecule has 5 nitrogen and oxygen atoms in total. The first-order chi connectivity index (χ1) is 19.7. The number of rotatable bonds is 11. The lowest BCUT2D eigenvalue weighted by atomic mass is 9.41. The summed E-state index contributed by atoms with van der Waals surface area (Å²) in [5, 5.41) is 11.5. The number of carbonyl (C=O) groups excluding carboxylic acids is 1. The minimum absolute atomic E-state index is 0.0894. The highest BCUT2D eigenvalue weighted by Gasteiger charge is 2.86. The van der Waals surface area contributed by atoms with E-state index >= 15 is 0 Å². The molecule has 3 unspecified atom stereocenters. The number of hydrogen-bond donors (Lipinski definition) is 1. The molecule has 1 N–H and O–H groups in total. The number of likely N-dealkylation sites (N-methyl/N-ethyl adjacent to an activating group) is 1. The molecule has 10 atom stereocenters. The molecular formula is C36H57NO4. The van der Waals surface area contributed by atoms with Gasteiger partial charge in [-0.05, 0) is 86.6 Å². The quantitative estimate of drug-likeness (QED) is 0.208. The third-order valence-corrected chi connectivity index (χ3v) is 13.8. The van der Waals surface area contributed by atoms with Gasteiger partial charge in [-0.1, -0.05) is 91.2 Å². The first kappa shape index (κ1) is 29.9. The summed E-state index contributed by atoms with van der Waals surface area (Å²) in [6.07, 6.45) is 17.3. The van der Waals surface area contributed by atoms with Crippen LogP contribution in [0.3, 0.4) is 0 Å². The topological polar surface area (TPSA) is 66.8 Å². The molecule has 0 spiro atoms. The number of fused-ring (bicyclic) bond motifs is 2. The van der Waals surface area contributed by atoms with Crippen molar-refractivity contribution < 1.29 is 19.4 Å². The highest BCUT2D eigenvalue weighted by Crippen LogP contribution is 2.84. The Morgan fingerprint density at radius 2 is 1.88 bits per heavy atom. The van der Waals surface area contributed by atoms with Crippen LogP contribution in [0.1, 0.15) is 112 Å². The second kappa shape index (κ2) is 11.1. The lowest BCUT2D eigenvalue weighted by Crippen LogP contribution is -2.65. The molecule has 1 aliphatic heterocycles. The standard InChI is InChI=1S/C36H57NO4/c1-6-8-16-37(7-2)21-31-27(25-12-10-9-11-13-25)18-32(41-31)35-20-28-24(5)14-15-29(28)34(22-38)19-26(35)17-30(23(3)4)36(34,35)33(39)40/h17,22-29,31-32H,6-16,18-21H2,1-5H3,(H,39,40)/t24-,26?,27+,28-,29-,31+,32-,34?,35?,36+/m1/s1. The number of carboxylic acid groups (broad SMARTS) is 1. The van der Waals surface area contributed by atoms with Crippen LogP contribution in [0.15, 0.2) is 11.6 Å². The van der Waals surface area contributed by atoms with E-state index < -0.39 is 22.2 Å². The zero-order chi connectivity index (χ0) is 29.2. The molecule has 6 aliphatic rings. The predicted octanol–water partition coefficient (Wildman–Crippen LogP) is 7.39. The van der Waals surface area contributed by atoms with Crippen LogP contribution in [0.4, 0.5) is 0 Å². The molecule has 4 saturated carbocycles. The highest BCUT2D eigenvalue weighted by atomic mass is 16.5. The van der Waals surface area contributed by atoms with Crippen LogP contribution in [-0.4, -0.2) is 54.1 Å². The van der Waals surface area contributed by atoms with E-state index in [-0.39, 0.29) is 30.0 Å². The molecule has 0 aromatic rings. The van der Waals surface area contributed by atoms with Crippen LogP contribution < -0.4 is 0 Å². The van der Waals surface area contributed by atoms with E-state index in [2.05, 4.69) is 45.6 Å². The van der Waals surface area contributed by atoms with Gasteiger partial charge in [-0.25, -0.2) is 0 Å². The molecule has 4 bridgehead atoms. The van der Waals surface area contributed by atoms with Crippen molar-refractivity contribution in [2.45, 2.75) is 124 Å². The van der Waals surface area contributed by atoms with E-state index in [0.29, 0.717) is 30.1 Å². The number of carbonyl (C=O) groups is 2. The number of hydrogen-bond acceptors (Lipinski definition) is 4. The fourth-order valence-corrected chi connectivity index (χ4v) is 12.2. The summed E-state index contributed by atoms with van der Waals surface area (Å²) >= 11 is 0. The second-order valence-electron chi connectivity index (χ2n) is 15.6. The van der Waals surface area contributed by atoms with Gasteiger partial charge in [0.1, 0.15) is 11.7 Å². The van der Waals surface area contributed by atoms with Crippen molar-refractivity contribution in [3.8, 4) is 0 Å². The summed E-state index contributed by atoms with van der Waals surface area (Å²) in [4.78, 5) is 30.2. The van der Waals surface area contributed by atoms with Gasteiger partial charge in [-0.3, -0.25) is 4.79 Å². The van der Waals surface area contributed by atoms with Crippen molar-refractivity contribution in [3.05, 3.63) is 11.6 Å². The van der Waals surface area contributed by atoms with Crippen molar-refractivity contribution >= 4 is 12.3 Å². The van der Waals surface area contributed by atoms with Gasteiger partial charge in [0, 0.05) is 12.0 Å². The third-order valence-electron chi connectivity index (χ3n) is 13.8. The molecule has 0 aromatic heterocycles. The van der Waals surface area contributed by atoms with E-state index in [1.807, 2.05) is 0 Å². The Bertz CT molecular complexity index is 1030. The zero-order valence-electron chi connectivity index (χ0n) is 26.6. The normalized spacial score (nSPS) is 45.4. The predicted molar refractivity (Wildman–Crippen MR) is 162 cm³/mol. The van der Waals surface area contributed by atoms with Crippen molar-refractivity contribution in [2.75, 3.05) is 19.6 Å². The molecule has 41 heavy (non-hydrogen) atoms. The summed E-state index contributed by atoms with van der Waals surface area (Å²) in [5.41, 5.74) is -1.40. The molecule has 5 heteroatoms. The summed E-state index contributed by atoms with van der Waals surface area (Å²) < 4.78 is 7.40. The molecule has 0 amide bonds. The van der Waals surface area contributed by atoms with Crippen LogP contribution in [0.25, 0.3) is 0 Å². The molecule has 5 aliphatic carbocycles. The monoisotopic (exact) mass is 567 g/mol. The lowest BCUT2D eigenvalue weighted by Gasteiger charge is -2.60. The van der Waals surface area contributed by atoms with E-state index in [4.69, 9.17) is 4.74 Å². The number of nitrogens with zero attached hydrogens (tertiary/aromatic N) is 1. The number of unbranched alkanes of at least 4 members (excludes halogenated alkanes) is 1. The highest BCUT2D eigenvalue weighted by molar-refractivity contribution is 5.90. The van der Waals surface area contributed by atoms with E-state index in [0.717, 1.165) is 50.9 Å². The molecule has 1 heterocycles. The van der Waals surface area contributed by atoms with Crippen molar-refractivity contribution in [1.82, 2.24) is 4.90 Å². The second-order valence-corrected chi connectivity index (χ2v) is 15.6. The number of aldehydes is 1. The van der Waals surface area contributed by atoms with Crippen molar-refractivity contribution in [3.63, 3.8) is 0 Å². The van der Waals surface area contributed by atoms with Gasteiger partial charge in [0.15, 0.2) is 0 Å². The van der Waals surface area contributed by atoms with Crippen LogP contribution in [-0.2, 0) is 14.3 Å². The largest absolute Gasteiger partial charge is 0.481 e. The third kappa shape index (κ3) is 3.99. The molecule has 0 aromatic carbocycles. The van der Waals surface area contributed by atoms with Gasteiger partial charge in [0.25, 0.3) is 0 Å². The van der Waals surface area contributed by atoms with Crippen molar-refractivity contribution in [1.29, 1.82) is 0 Å². The van der Waals surface area contributed by atoms with Crippen LogP contribution in [0.5, 0.6) is 0 Å². The van der Waals surface area contributed by atoms with E-state index in [1.165, 1.54) is 51.2 Å². The maximum absolute atomic E-state index is 14.0. The maximum Gasteiger partial charge on any atom is 0.315 e. The summed E-state index contributed by atoms with van der Waals surface area (Å²) in [7, 11) is 0. The number of carboxylic acids is 1. The van der Waals surface area contributed by atoms with Gasteiger partial charge in [0.05, 0.1) is 17.6 Å². The number of ether oxygens (including phenoxy) is 1. The lowest BCUT2D eigenvalue weighted by molar-refractivity contribution is -0.197. The fourth-order valence-electron chi connectivity index (χ4n) is 12.2. The van der Waals surface area contributed by atoms with Crippen LogP contribution in [0.2, 0.25) is 0 Å². The summed E-state index contributed by atoms with van der Waals surface area (Å²) in [6.45, 7) is 14.3. The number of allylic oxidation sites excluding steroid dienone is 1. The molecule has 6 rings (SSSR count). The Hall–Kier alpha value is -1.20. The van der Waals surface area contributed by atoms with Gasteiger partial charge >= 0.3 is 5.97 Å². The van der Waals surface area contributed by atoms with Crippen LogP contribution in [0, 0.1) is 57.7 Å². The average molecular weight is 568 g/mol. The SMILES string of the molecule is CCCCN(CC)C[C@@H]1O[C@@H](C23C[C@@H]4[C@H](C)CC[C@H]4C4(C=O)CC2C=C(C(C)C)[C@]43C(=O)O)C[C@H]1C1CCCCC1. The Morgan fingerprint density at radius 3 is 2.51 bits per heavy atom. The zero-order valence-corrected chi connectivity index (χ0v) is 26.6.